The fraction of sp³-hybridized carbons (Fsp3) is 0.226. The lowest BCUT2D eigenvalue weighted by Gasteiger charge is -2.19. The average molecular weight is 508 g/mol. The van der Waals surface area contributed by atoms with Gasteiger partial charge in [0.2, 0.25) is 17.7 Å². The largest absolute Gasteiger partial charge is 0.326 e. The number of nitrogens with zero attached hydrogens (tertiary/aromatic N) is 1. The van der Waals surface area contributed by atoms with Gasteiger partial charge in [-0.2, -0.15) is 0 Å². The van der Waals surface area contributed by atoms with Crippen LogP contribution >= 0.6 is 0 Å². The van der Waals surface area contributed by atoms with Gasteiger partial charge in [0, 0.05) is 17.8 Å². The molecular formula is C31H29N3O4. The van der Waals surface area contributed by atoms with Crippen LogP contribution in [0.1, 0.15) is 42.1 Å². The van der Waals surface area contributed by atoms with Crippen LogP contribution in [0.25, 0.3) is 0 Å². The molecule has 1 saturated heterocycles. The molecule has 0 radical (unpaired) electrons. The van der Waals surface area contributed by atoms with E-state index in [1.54, 1.807) is 48.5 Å². The number of hydrogen-bond acceptors (Lipinski definition) is 4. The fourth-order valence-corrected chi connectivity index (χ4v) is 5.13. The van der Waals surface area contributed by atoms with Gasteiger partial charge in [-0.15, -0.1) is 0 Å². The molecule has 0 spiro atoms. The summed E-state index contributed by atoms with van der Waals surface area (Å²) in [5.41, 5.74) is 3.76. The Hall–Kier alpha value is -4.52. The van der Waals surface area contributed by atoms with E-state index in [0.717, 1.165) is 11.1 Å². The maximum absolute atomic E-state index is 13.3. The van der Waals surface area contributed by atoms with Crippen molar-refractivity contribution in [2.24, 2.45) is 11.8 Å². The Kier molecular flexibility index (Phi) is 7.18. The van der Waals surface area contributed by atoms with Crippen molar-refractivity contribution in [3.8, 4) is 0 Å². The summed E-state index contributed by atoms with van der Waals surface area (Å²) in [6.07, 6.45) is 4.08. The predicted octanol–water partition coefficient (Wildman–Crippen LogP) is 5.36. The Balaban J connectivity index is 1.28. The Labute approximate surface area is 221 Å². The molecule has 1 aliphatic heterocycles. The van der Waals surface area contributed by atoms with Crippen LogP contribution in [0.2, 0.25) is 0 Å². The molecule has 38 heavy (non-hydrogen) atoms. The van der Waals surface area contributed by atoms with Gasteiger partial charge in [0.05, 0.1) is 23.1 Å². The first-order valence-corrected chi connectivity index (χ1v) is 12.8. The minimum Gasteiger partial charge on any atom is -0.326 e. The normalized spacial score (nSPS) is 18.6. The van der Waals surface area contributed by atoms with Gasteiger partial charge in [0.1, 0.15) is 0 Å². The molecule has 0 bridgehead atoms. The third-order valence-electron chi connectivity index (χ3n) is 7.10. The average Bonchev–Trinajstić information content (AvgIpc) is 3.17. The summed E-state index contributed by atoms with van der Waals surface area (Å²) in [5, 5.41) is 5.72. The van der Waals surface area contributed by atoms with Crippen molar-refractivity contribution in [2.45, 2.75) is 32.6 Å². The molecule has 3 aromatic rings. The first-order chi connectivity index (χ1) is 18.4. The van der Waals surface area contributed by atoms with Gasteiger partial charge in [-0.1, -0.05) is 60.2 Å². The van der Waals surface area contributed by atoms with Crippen molar-refractivity contribution in [3.63, 3.8) is 0 Å². The summed E-state index contributed by atoms with van der Waals surface area (Å²) in [7, 11) is 0. The van der Waals surface area contributed by atoms with E-state index in [1.807, 2.05) is 43.3 Å². The number of para-hydroxylation sites is 1. The van der Waals surface area contributed by atoms with Gasteiger partial charge in [-0.05, 0) is 62.1 Å². The molecule has 1 aliphatic carbocycles. The van der Waals surface area contributed by atoms with Crippen LogP contribution in [-0.2, 0) is 20.8 Å². The Morgan fingerprint density at radius 1 is 0.842 bits per heavy atom. The van der Waals surface area contributed by atoms with Gasteiger partial charge in [-0.3, -0.25) is 19.2 Å². The molecule has 2 atom stereocenters. The number of aryl methyl sites for hydroxylation is 1. The molecule has 4 amide bonds. The van der Waals surface area contributed by atoms with E-state index in [0.29, 0.717) is 37.1 Å². The number of nitrogens with one attached hydrogen (secondary N) is 2. The highest BCUT2D eigenvalue weighted by Crippen LogP contribution is 2.40. The topological polar surface area (TPSA) is 95.6 Å². The summed E-state index contributed by atoms with van der Waals surface area (Å²) < 4.78 is 0. The van der Waals surface area contributed by atoms with Crippen molar-refractivity contribution < 1.29 is 19.2 Å². The van der Waals surface area contributed by atoms with Gasteiger partial charge in [0.15, 0.2) is 0 Å². The zero-order valence-electron chi connectivity index (χ0n) is 21.1. The summed E-state index contributed by atoms with van der Waals surface area (Å²) in [5.74, 6) is -1.86. The lowest BCUT2D eigenvalue weighted by Crippen LogP contribution is -2.33. The highest BCUT2D eigenvalue weighted by Gasteiger charge is 2.49. The van der Waals surface area contributed by atoms with Crippen LogP contribution in [0.4, 0.5) is 17.1 Å². The standard InChI is InChI=1S/C31H29N3O4/c1-20-14-16-24-26(18-20)31(38)34(30(24)37)27-13-6-5-12-25(27)29(36)33-23-11-7-10-22(19-23)32-28(35)17-15-21-8-3-2-4-9-21/h2-14,19,24,26H,15-18H2,1H3,(H,32,35)(H,33,36)/t24-,26-/m1/s1. The molecule has 5 rings (SSSR count). The molecule has 3 aromatic carbocycles. The van der Waals surface area contributed by atoms with Gasteiger partial charge < -0.3 is 10.6 Å². The minimum atomic E-state index is -0.446. The highest BCUT2D eigenvalue weighted by molar-refractivity contribution is 6.25. The van der Waals surface area contributed by atoms with Crippen LogP contribution in [-0.4, -0.2) is 23.6 Å². The quantitative estimate of drug-likeness (QED) is 0.333. The van der Waals surface area contributed by atoms with Crippen LogP contribution < -0.4 is 15.5 Å². The summed E-state index contributed by atoms with van der Waals surface area (Å²) in [6, 6.07) is 23.3. The zero-order chi connectivity index (χ0) is 26.6. The number of imide groups is 1. The Morgan fingerprint density at radius 3 is 2.32 bits per heavy atom. The molecule has 1 fully saturated rings. The van der Waals surface area contributed by atoms with Gasteiger partial charge in [-0.25, -0.2) is 4.90 Å². The summed E-state index contributed by atoms with van der Waals surface area (Å²) >= 11 is 0. The van der Waals surface area contributed by atoms with E-state index < -0.39 is 5.91 Å². The molecule has 192 valence electrons. The molecule has 1 heterocycles. The third kappa shape index (κ3) is 5.27. The molecule has 7 heteroatoms. The number of carbonyl (C=O) groups excluding carboxylic acids is 4. The van der Waals surface area contributed by atoms with E-state index in [9.17, 15) is 19.2 Å². The Morgan fingerprint density at radius 2 is 1.53 bits per heavy atom. The SMILES string of the molecule is CC1=CC[C@H]2C(=O)N(c3ccccc3C(=O)Nc3cccc(NC(=O)CCc4ccccc4)c3)C(=O)[C@@H]2C1. The minimum absolute atomic E-state index is 0.125. The number of benzene rings is 3. The van der Waals surface area contributed by atoms with Gasteiger partial charge >= 0.3 is 0 Å². The summed E-state index contributed by atoms with van der Waals surface area (Å²) in [4.78, 5) is 53.3. The second kappa shape index (κ2) is 10.8. The fourth-order valence-electron chi connectivity index (χ4n) is 5.13. The number of carbonyl (C=O) groups is 4. The number of rotatable bonds is 7. The number of anilines is 3. The summed E-state index contributed by atoms with van der Waals surface area (Å²) in [6.45, 7) is 1.97. The van der Waals surface area contributed by atoms with Gasteiger partial charge in [0.25, 0.3) is 5.91 Å². The van der Waals surface area contributed by atoms with E-state index in [4.69, 9.17) is 0 Å². The zero-order valence-corrected chi connectivity index (χ0v) is 21.1. The van der Waals surface area contributed by atoms with E-state index >= 15 is 0 Å². The lowest BCUT2D eigenvalue weighted by molar-refractivity contribution is -0.122. The lowest BCUT2D eigenvalue weighted by atomic mass is 9.82. The molecule has 2 N–H and O–H groups in total. The molecular weight excluding hydrogens is 478 g/mol. The van der Waals surface area contributed by atoms with Crippen LogP contribution in [0.15, 0.2) is 90.5 Å². The smallest absolute Gasteiger partial charge is 0.257 e. The molecule has 0 saturated carbocycles. The number of fused-ring (bicyclic) bond motifs is 1. The Bertz CT molecular complexity index is 1430. The van der Waals surface area contributed by atoms with Crippen molar-refractivity contribution in [1.29, 1.82) is 0 Å². The molecule has 7 nitrogen and oxygen atoms in total. The predicted molar refractivity (Wildman–Crippen MR) is 147 cm³/mol. The van der Waals surface area contributed by atoms with Crippen LogP contribution in [0, 0.1) is 11.8 Å². The molecule has 0 unspecified atom stereocenters. The van der Waals surface area contributed by atoms with E-state index in [2.05, 4.69) is 10.6 Å². The maximum atomic E-state index is 13.3. The second-order valence-electron chi connectivity index (χ2n) is 9.80. The second-order valence-corrected chi connectivity index (χ2v) is 9.80. The van der Waals surface area contributed by atoms with Crippen LogP contribution in [0.3, 0.4) is 0 Å². The van der Waals surface area contributed by atoms with Crippen molar-refractivity contribution >= 4 is 40.7 Å². The van der Waals surface area contributed by atoms with Crippen molar-refractivity contribution in [2.75, 3.05) is 15.5 Å². The number of amides is 4. The maximum Gasteiger partial charge on any atom is 0.257 e. The third-order valence-corrected chi connectivity index (χ3v) is 7.10. The first kappa shape index (κ1) is 25.1. The van der Waals surface area contributed by atoms with Crippen molar-refractivity contribution in [1.82, 2.24) is 0 Å². The van der Waals surface area contributed by atoms with E-state index in [-0.39, 0.29) is 40.8 Å². The highest BCUT2D eigenvalue weighted by atomic mass is 16.2. The van der Waals surface area contributed by atoms with E-state index in [1.165, 1.54) is 4.90 Å². The molecule has 2 aliphatic rings. The first-order valence-electron chi connectivity index (χ1n) is 12.8. The number of allylic oxidation sites excluding steroid dienone is 2. The monoisotopic (exact) mass is 507 g/mol. The molecule has 0 aromatic heterocycles. The van der Waals surface area contributed by atoms with Crippen LogP contribution in [0.5, 0.6) is 0 Å². The number of hydrogen-bond donors (Lipinski definition) is 2. The van der Waals surface area contributed by atoms with Crippen molar-refractivity contribution in [3.05, 3.63) is 102 Å².